The van der Waals surface area contributed by atoms with Crippen molar-refractivity contribution in [1.29, 1.82) is 0 Å². The summed E-state index contributed by atoms with van der Waals surface area (Å²) < 4.78 is 0. The molecule has 0 saturated heterocycles. The predicted molar refractivity (Wildman–Crippen MR) is 112 cm³/mol. The predicted octanol–water partition coefficient (Wildman–Crippen LogP) is 4.80. The summed E-state index contributed by atoms with van der Waals surface area (Å²) in [5.41, 5.74) is 3.31. The highest BCUT2D eigenvalue weighted by atomic mass is 32.1. The van der Waals surface area contributed by atoms with Gasteiger partial charge >= 0.3 is 0 Å². The van der Waals surface area contributed by atoms with Gasteiger partial charge in [0.2, 0.25) is 0 Å². The van der Waals surface area contributed by atoms with Gasteiger partial charge in [-0.05, 0) is 49.4 Å². The van der Waals surface area contributed by atoms with E-state index in [-0.39, 0.29) is 11.6 Å². The molecular weight excluding hydrogens is 356 g/mol. The average molecular weight is 379 g/mol. The molecule has 27 heavy (non-hydrogen) atoms. The van der Waals surface area contributed by atoms with Crippen molar-refractivity contribution < 1.29 is 0 Å². The van der Waals surface area contributed by atoms with E-state index in [2.05, 4.69) is 57.8 Å². The zero-order chi connectivity index (χ0) is 18.6. The summed E-state index contributed by atoms with van der Waals surface area (Å²) in [7, 11) is 0. The summed E-state index contributed by atoms with van der Waals surface area (Å²) in [5, 5.41) is 10.8. The van der Waals surface area contributed by atoms with Crippen molar-refractivity contribution in [2.45, 2.75) is 32.2 Å². The van der Waals surface area contributed by atoms with Crippen molar-refractivity contribution in [1.82, 2.24) is 15.2 Å². The van der Waals surface area contributed by atoms with Gasteiger partial charge in [-0.2, -0.15) is 0 Å². The number of anilines is 1. The third-order valence-corrected chi connectivity index (χ3v) is 5.56. The van der Waals surface area contributed by atoms with Crippen LogP contribution < -0.4 is 10.9 Å². The molecular formula is C21H22N4OS. The van der Waals surface area contributed by atoms with Crippen molar-refractivity contribution in [2.24, 2.45) is 0 Å². The summed E-state index contributed by atoms with van der Waals surface area (Å²) >= 11 is 1.68. The zero-order valence-electron chi connectivity index (χ0n) is 15.2. The van der Waals surface area contributed by atoms with Crippen LogP contribution in [-0.2, 0) is 6.42 Å². The minimum absolute atomic E-state index is 0.0661. The molecule has 6 heteroatoms. The first-order chi connectivity index (χ1) is 13.2. The second-order valence-corrected chi connectivity index (χ2v) is 7.97. The molecule has 0 spiro atoms. The highest BCUT2D eigenvalue weighted by Crippen LogP contribution is 2.27. The van der Waals surface area contributed by atoms with Crippen LogP contribution in [0.4, 0.5) is 5.13 Å². The molecule has 0 fully saturated rings. The number of fused-ring (bicyclic) bond motifs is 1. The summed E-state index contributed by atoms with van der Waals surface area (Å²) in [5.74, 6) is 0. The number of aryl methyl sites for hydroxylation is 2. The lowest BCUT2D eigenvalue weighted by Gasteiger charge is -2.19. The topological polar surface area (TPSA) is 73.6 Å². The van der Waals surface area contributed by atoms with Gasteiger partial charge in [-0.3, -0.25) is 15.0 Å². The fraction of sp³-hybridized carbons (Fsp3) is 0.238. The van der Waals surface area contributed by atoms with Crippen LogP contribution in [0.25, 0.3) is 10.9 Å². The SMILES string of the molecule is Cc1cnc(NC(CCCc2ccc3c(=O)[nH][nH]c3c2)c2ccccc2)s1. The lowest BCUT2D eigenvalue weighted by molar-refractivity contribution is 0.644. The number of thiazole rings is 1. The molecule has 0 aliphatic carbocycles. The molecule has 3 N–H and O–H groups in total. The van der Waals surface area contributed by atoms with E-state index < -0.39 is 0 Å². The Bertz CT molecular complexity index is 1080. The number of hydrogen-bond donors (Lipinski definition) is 3. The Balaban J connectivity index is 1.45. The largest absolute Gasteiger partial charge is 0.355 e. The number of rotatable bonds is 7. The van der Waals surface area contributed by atoms with E-state index in [1.54, 1.807) is 11.3 Å². The Morgan fingerprint density at radius 2 is 2.00 bits per heavy atom. The normalized spacial score (nSPS) is 12.3. The minimum Gasteiger partial charge on any atom is -0.355 e. The van der Waals surface area contributed by atoms with Crippen LogP contribution in [0.2, 0.25) is 0 Å². The maximum Gasteiger partial charge on any atom is 0.271 e. The summed E-state index contributed by atoms with van der Waals surface area (Å²) in [4.78, 5) is 17.3. The molecule has 5 nitrogen and oxygen atoms in total. The number of aromatic amines is 2. The van der Waals surface area contributed by atoms with Gasteiger partial charge in [0.1, 0.15) is 0 Å². The molecule has 4 rings (SSSR count). The Morgan fingerprint density at radius 1 is 1.15 bits per heavy atom. The van der Waals surface area contributed by atoms with Crippen LogP contribution in [0.5, 0.6) is 0 Å². The van der Waals surface area contributed by atoms with E-state index in [1.165, 1.54) is 16.0 Å². The Labute approximate surface area is 161 Å². The number of benzene rings is 2. The van der Waals surface area contributed by atoms with Gasteiger partial charge in [-0.25, -0.2) is 4.98 Å². The first-order valence-electron chi connectivity index (χ1n) is 9.12. The van der Waals surface area contributed by atoms with E-state index in [9.17, 15) is 4.79 Å². The Morgan fingerprint density at radius 3 is 2.78 bits per heavy atom. The lowest BCUT2D eigenvalue weighted by atomic mass is 9.99. The number of H-pyrrole nitrogens is 2. The fourth-order valence-electron chi connectivity index (χ4n) is 3.33. The van der Waals surface area contributed by atoms with E-state index in [1.807, 2.05) is 24.4 Å². The van der Waals surface area contributed by atoms with Gasteiger partial charge in [0.05, 0.1) is 16.9 Å². The molecule has 0 bridgehead atoms. The monoisotopic (exact) mass is 378 g/mol. The van der Waals surface area contributed by atoms with E-state index >= 15 is 0 Å². The van der Waals surface area contributed by atoms with Gasteiger partial charge in [-0.15, -0.1) is 11.3 Å². The third-order valence-electron chi connectivity index (χ3n) is 4.72. The highest BCUT2D eigenvalue weighted by Gasteiger charge is 2.13. The van der Waals surface area contributed by atoms with Crippen LogP contribution in [0.3, 0.4) is 0 Å². The molecule has 0 saturated carbocycles. The molecule has 2 aromatic heterocycles. The van der Waals surface area contributed by atoms with Crippen molar-refractivity contribution in [2.75, 3.05) is 5.32 Å². The first-order valence-corrected chi connectivity index (χ1v) is 9.94. The van der Waals surface area contributed by atoms with Crippen molar-refractivity contribution in [3.8, 4) is 0 Å². The number of nitrogens with one attached hydrogen (secondary N) is 3. The van der Waals surface area contributed by atoms with E-state index in [4.69, 9.17) is 0 Å². The Hall–Kier alpha value is -2.86. The van der Waals surface area contributed by atoms with Crippen molar-refractivity contribution in [3.63, 3.8) is 0 Å². The van der Waals surface area contributed by atoms with Gasteiger partial charge in [0, 0.05) is 11.1 Å². The van der Waals surface area contributed by atoms with Gasteiger partial charge in [0.15, 0.2) is 5.13 Å². The smallest absolute Gasteiger partial charge is 0.271 e. The maximum atomic E-state index is 11.6. The molecule has 0 radical (unpaired) electrons. The lowest BCUT2D eigenvalue weighted by Crippen LogP contribution is -2.11. The molecule has 1 atom stereocenters. The fourth-order valence-corrected chi connectivity index (χ4v) is 4.05. The van der Waals surface area contributed by atoms with Crippen molar-refractivity contribution >= 4 is 27.4 Å². The molecule has 2 heterocycles. The molecule has 0 aliphatic rings. The minimum atomic E-state index is -0.0661. The van der Waals surface area contributed by atoms with Gasteiger partial charge < -0.3 is 5.32 Å². The van der Waals surface area contributed by atoms with Crippen LogP contribution >= 0.6 is 11.3 Å². The Kier molecular flexibility index (Phi) is 5.07. The summed E-state index contributed by atoms with van der Waals surface area (Å²) in [6.45, 7) is 2.07. The van der Waals surface area contributed by atoms with Gasteiger partial charge in [0.25, 0.3) is 5.56 Å². The van der Waals surface area contributed by atoms with Crippen LogP contribution in [-0.4, -0.2) is 15.2 Å². The van der Waals surface area contributed by atoms with Crippen molar-refractivity contribution in [3.05, 3.63) is 81.1 Å². The standard InChI is InChI=1S/C21H22N4OS/c1-14-13-22-21(27-14)23-18(16-7-3-2-4-8-16)9-5-6-15-10-11-17-19(12-15)24-25-20(17)26/h2-4,7-8,10-13,18H,5-6,9H2,1H3,(H,22,23)(H2,24,25,26). The molecule has 1 unspecified atom stereocenters. The maximum absolute atomic E-state index is 11.6. The third kappa shape index (κ3) is 4.11. The molecule has 138 valence electrons. The quantitative estimate of drug-likeness (QED) is 0.432. The first kappa shape index (κ1) is 17.5. The molecule has 0 amide bonds. The van der Waals surface area contributed by atoms with E-state index in [0.717, 1.165) is 29.9 Å². The van der Waals surface area contributed by atoms with Gasteiger partial charge in [-0.1, -0.05) is 36.4 Å². The second kappa shape index (κ2) is 7.80. The van der Waals surface area contributed by atoms with Crippen LogP contribution in [0, 0.1) is 6.92 Å². The van der Waals surface area contributed by atoms with Crippen LogP contribution in [0.15, 0.2) is 59.5 Å². The molecule has 0 aliphatic heterocycles. The van der Waals surface area contributed by atoms with Crippen LogP contribution in [0.1, 0.15) is 34.9 Å². The number of hydrogen-bond acceptors (Lipinski definition) is 4. The summed E-state index contributed by atoms with van der Waals surface area (Å²) in [6.07, 6.45) is 4.91. The molecule has 2 aromatic carbocycles. The second-order valence-electron chi connectivity index (χ2n) is 6.73. The highest BCUT2D eigenvalue weighted by molar-refractivity contribution is 7.15. The summed E-state index contributed by atoms with van der Waals surface area (Å²) in [6, 6.07) is 16.7. The number of aromatic nitrogens is 3. The zero-order valence-corrected chi connectivity index (χ0v) is 16.0. The average Bonchev–Trinajstić information content (AvgIpc) is 3.27. The number of nitrogens with zero attached hydrogens (tertiary/aromatic N) is 1. The molecule has 4 aromatic rings. The van der Waals surface area contributed by atoms with E-state index in [0.29, 0.717) is 5.39 Å².